The lowest BCUT2D eigenvalue weighted by Crippen LogP contribution is -2.31. The van der Waals surface area contributed by atoms with Crippen molar-refractivity contribution in [1.82, 2.24) is 0 Å². The SMILES string of the molecule is CC(=O)O[C@@H](CC(=O)O[C@@H](C)C(C)=O)C(=O)O. The second-order valence-corrected chi connectivity index (χ2v) is 3.38. The van der Waals surface area contributed by atoms with Crippen LogP contribution in [0.25, 0.3) is 0 Å². The number of hydrogen-bond acceptors (Lipinski definition) is 6. The van der Waals surface area contributed by atoms with Gasteiger partial charge in [-0.3, -0.25) is 14.4 Å². The number of esters is 2. The van der Waals surface area contributed by atoms with Gasteiger partial charge in [0.15, 0.2) is 11.9 Å². The van der Waals surface area contributed by atoms with Crippen LogP contribution in [0, 0.1) is 0 Å². The summed E-state index contributed by atoms with van der Waals surface area (Å²) in [7, 11) is 0. The summed E-state index contributed by atoms with van der Waals surface area (Å²) < 4.78 is 9.03. The fourth-order valence-electron chi connectivity index (χ4n) is 0.859. The first-order valence-electron chi connectivity index (χ1n) is 4.84. The van der Waals surface area contributed by atoms with E-state index in [0.29, 0.717) is 0 Å². The number of carbonyl (C=O) groups excluding carboxylic acids is 3. The fourth-order valence-corrected chi connectivity index (χ4v) is 0.859. The number of carbonyl (C=O) groups is 4. The Balaban J connectivity index is 4.36. The predicted molar refractivity (Wildman–Crippen MR) is 54.0 cm³/mol. The Morgan fingerprint density at radius 1 is 1.12 bits per heavy atom. The molecule has 7 heteroatoms. The van der Waals surface area contributed by atoms with E-state index in [0.717, 1.165) is 6.92 Å². The minimum atomic E-state index is -1.60. The highest BCUT2D eigenvalue weighted by Gasteiger charge is 2.26. The fraction of sp³-hybridized carbons (Fsp3) is 0.600. The van der Waals surface area contributed by atoms with Crippen molar-refractivity contribution in [2.75, 3.05) is 0 Å². The minimum absolute atomic E-state index is 0.363. The summed E-state index contributed by atoms with van der Waals surface area (Å²) >= 11 is 0. The van der Waals surface area contributed by atoms with Crippen molar-refractivity contribution < 1.29 is 33.8 Å². The molecule has 0 spiro atoms. The number of ether oxygens (including phenoxy) is 2. The van der Waals surface area contributed by atoms with Crippen LogP contribution < -0.4 is 0 Å². The van der Waals surface area contributed by atoms with Gasteiger partial charge in [-0.15, -0.1) is 0 Å². The molecule has 0 heterocycles. The first kappa shape index (κ1) is 15.1. The van der Waals surface area contributed by atoms with E-state index >= 15 is 0 Å². The molecule has 96 valence electrons. The summed E-state index contributed by atoms with van der Waals surface area (Å²) in [6, 6.07) is 0. The van der Waals surface area contributed by atoms with Crippen LogP contribution in [0.4, 0.5) is 0 Å². The van der Waals surface area contributed by atoms with E-state index < -0.39 is 36.5 Å². The largest absolute Gasteiger partial charge is 0.478 e. The molecule has 2 atom stereocenters. The van der Waals surface area contributed by atoms with E-state index in [1.54, 1.807) is 0 Å². The Kier molecular flexibility index (Phi) is 5.87. The first-order valence-corrected chi connectivity index (χ1v) is 4.84. The molecule has 0 aromatic heterocycles. The number of aliphatic carboxylic acids is 1. The number of carboxylic acids is 1. The molecule has 0 unspecified atom stereocenters. The maximum Gasteiger partial charge on any atom is 0.345 e. The Labute approximate surface area is 97.7 Å². The summed E-state index contributed by atoms with van der Waals surface area (Å²) in [6.07, 6.45) is -3.18. The van der Waals surface area contributed by atoms with E-state index in [-0.39, 0.29) is 5.78 Å². The Bertz CT molecular complexity index is 334. The third kappa shape index (κ3) is 6.29. The number of ketones is 1. The molecule has 0 saturated heterocycles. The van der Waals surface area contributed by atoms with Crippen LogP contribution in [0.5, 0.6) is 0 Å². The van der Waals surface area contributed by atoms with Gasteiger partial charge in [0.1, 0.15) is 0 Å². The van der Waals surface area contributed by atoms with Crippen molar-refractivity contribution in [2.45, 2.75) is 39.4 Å². The molecular formula is C10H14O7. The average molecular weight is 246 g/mol. The normalized spacial score (nSPS) is 13.4. The summed E-state index contributed by atoms with van der Waals surface area (Å²) in [5.41, 5.74) is 0. The van der Waals surface area contributed by atoms with Crippen molar-refractivity contribution in [3.8, 4) is 0 Å². The molecular weight excluding hydrogens is 232 g/mol. The van der Waals surface area contributed by atoms with Crippen LogP contribution in [0.1, 0.15) is 27.2 Å². The molecule has 7 nitrogen and oxygen atoms in total. The summed E-state index contributed by atoms with van der Waals surface area (Å²) in [4.78, 5) is 43.2. The van der Waals surface area contributed by atoms with Crippen molar-refractivity contribution >= 4 is 23.7 Å². The van der Waals surface area contributed by atoms with Crippen LogP contribution in [-0.4, -0.2) is 41.0 Å². The van der Waals surface area contributed by atoms with E-state index in [4.69, 9.17) is 5.11 Å². The predicted octanol–water partition coefficient (Wildman–Crippen LogP) is -0.0865. The third-order valence-electron chi connectivity index (χ3n) is 1.82. The molecule has 0 aliphatic carbocycles. The zero-order valence-electron chi connectivity index (χ0n) is 9.76. The third-order valence-corrected chi connectivity index (χ3v) is 1.82. The van der Waals surface area contributed by atoms with Gasteiger partial charge in [-0.1, -0.05) is 0 Å². The lowest BCUT2D eigenvalue weighted by atomic mass is 10.2. The van der Waals surface area contributed by atoms with Crippen LogP contribution in [-0.2, 0) is 28.7 Å². The second-order valence-electron chi connectivity index (χ2n) is 3.38. The van der Waals surface area contributed by atoms with Crippen LogP contribution in [0.2, 0.25) is 0 Å². The zero-order chi connectivity index (χ0) is 13.6. The Morgan fingerprint density at radius 3 is 2.00 bits per heavy atom. The van der Waals surface area contributed by atoms with Crippen molar-refractivity contribution in [2.24, 2.45) is 0 Å². The van der Waals surface area contributed by atoms with Crippen molar-refractivity contribution in [3.63, 3.8) is 0 Å². The number of Topliss-reactive ketones (excluding diaryl/α,β-unsaturated/α-hetero) is 1. The van der Waals surface area contributed by atoms with Gasteiger partial charge in [0, 0.05) is 6.92 Å². The van der Waals surface area contributed by atoms with E-state index in [2.05, 4.69) is 9.47 Å². The van der Waals surface area contributed by atoms with Crippen molar-refractivity contribution in [1.29, 1.82) is 0 Å². The lowest BCUT2D eigenvalue weighted by molar-refractivity contribution is -0.169. The average Bonchev–Trinajstić information content (AvgIpc) is 2.15. The van der Waals surface area contributed by atoms with Gasteiger partial charge < -0.3 is 14.6 Å². The van der Waals surface area contributed by atoms with Crippen LogP contribution in [0.3, 0.4) is 0 Å². The quantitative estimate of drug-likeness (QED) is 0.652. The highest BCUT2D eigenvalue weighted by atomic mass is 16.6. The van der Waals surface area contributed by atoms with E-state index in [1.807, 2.05) is 0 Å². The number of hydrogen-bond donors (Lipinski definition) is 1. The molecule has 0 aromatic rings. The molecule has 0 radical (unpaired) electrons. The molecule has 17 heavy (non-hydrogen) atoms. The Morgan fingerprint density at radius 2 is 1.65 bits per heavy atom. The van der Waals surface area contributed by atoms with Gasteiger partial charge in [0.25, 0.3) is 0 Å². The van der Waals surface area contributed by atoms with Gasteiger partial charge in [-0.05, 0) is 13.8 Å². The highest BCUT2D eigenvalue weighted by Crippen LogP contribution is 2.04. The lowest BCUT2D eigenvalue weighted by Gasteiger charge is -2.14. The smallest absolute Gasteiger partial charge is 0.345 e. The summed E-state index contributed by atoms with van der Waals surface area (Å²) in [5.74, 6) is -3.54. The maximum atomic E-state index is 11.2. The summed E-state index contributed by atoms with van der Waals surface area (Å²) in [5, 5.41) is 8.66. The second kappa shape index (κ2) is 6.62. The Hall–Kier alpha value is -1.92. The molecule has 0 aliphatic heterocycles. The number of carboxylic acid groups (broad SMARTS) is 1. The molecule has 0 aliphatic rings. The molecule has 0 bridgehead atoms. The molecule has 1 N–H and O–H groups in total. The highest BCUT2D eigenvalue weighted by molar-refractivity contribution is 5.86. The standard InChI is InChI=1S/C10H14O7/c1-5(11)6(2)16-9(13)4-8(10(14)15)17-7(3)12/h6,8H,4H2,1-3H3,(H,14,15)/t6-,8-/m0/s1. The van der Waals surface area contributed by atoms with Gasteiger partial charge >= 0.3 is 17.9 Å². The van der Waals surface area contributed by atoms with Gasteiger partial charge in [0.2, 0.25) is 6.10 Å². The van der Waals surface area contributed by atoms with E-state index in [1.165, 1.54) is 13.8 Å². The van der Waals surface area contributed by atoms with Gasteiger partial charge in [0.05, 0.1) is 6.42 Å². The molecule has 0 saturated carbocycles. The summed E-state index contributed by atoms with van der Waals surface area (Å²) in [6.45, 7) is 3.62. The monoisotopic (exact) mass is 246 g/mol. The number of rotatable bonds is 6. The molecule has 0 rings (SSSR count). The molecule has 0 aromatic carbocycles. The molecule has 0 amide bonds. The zero-order valence-corrected chi connectivity index (χ0v) is 9.76. The van der Waals surface area contributed by atoms with E-state index in [9.17, 15) is 19.2 Å². The maximum absolute atomic E-state index is 11.2. The first-order chi connectivity index (χ1) is 7.73. The molecule has 0 fully saturated rings. The van der Waals surface area contributed by atoms with Crippen molar-refractivity contribution in [3.05, 3.63) is 0 Å². The van der Waals surface area contributed by atoms with Gasteiger partial charge in [-0.25, -0.2) is 4.79 Å². The van der Waals surface area contributed by atoms with Gasteiger partial charge in [-0.2, -0.15) is 0 Å². The van der Waals surface area contributed by atoms with Crippen LogP contribution in [0.15, 0.2) is 0 Å². The minimum Gasteiger partial charge on any atom is -0.478 e. The topological polar surface area (TPSA) is 107 Å². The van der Waals surface area contributed by atoms with Crippen LogP contribution >= 0.6 is 0 Å².